The number of ether oxygens (including phenoxy) is 2. The predicted octanol–water partition coefficient (Wildman–Crippen LogP) is 2.99. The smallest absolute Gasteiger partial charge is 0.0950 e. The fraction of sp³-hybridized carbons (Fsp3) is 0.571. The molecule has 104 valence electrons. The van der Waals surface area contributed by atoms with Crippen LogP contribution in [0.25, 0.3) is 0 Å². The molecule has 1 aromatic carbocycles. The summed E-state index contributed by atoms with van der Waals surface area (Å²) in [5, 5.41) is 3.97. The molecule has 0 saturated carbocycles. The van der Waals surface area contributed by atoms with Gasteiger partial charge in [0, 0.05) is 34.3 Å². The first-order valence-corrected chi connectivity index (χ1v) is 8.36. The van der Waals surface area contributed by atoms with Gasteiger partial charge in [0.2, 0.25) is 0 Å². The molecule has 2 unspecified atom stereocenters. The summed E-state index contributed by atoms with van der Waals surface area (Å²) in [6.45, 7) is 4.40. The monoisotopic (exact) mass is 343 g/mol. The van der Waals surface area contributed by atoms with Crippen molar-refractivity contribution in [2.45, 2.75) is 22.7 Å². The average Bonchev–Trinajstić information content (AvgIpc) is 2.92. The molecule has 5 heteroatoms. The van der Waals surface area contributed by atoms with Gasteiger partial charge in [-0.05, 0) is 30.2 Å². The molecule has 0 spiro atoms. The molecule has 0 aromatic heterocycles. The highest BCUT2D eigenvalue weighted by Crippen LogP contribution is 2.33. The van der Waals surface area contributed by atoms with Gasteiger partial charge in [-0.3, -0.25) is 0 Å². The van der Waals surface area contributed by atoms with Gasteiger partial charge >= 0.3 is 0 Å². The molecule has 2 atom stereocenters. The zero-order chi connectivity index (χ0) is 13.1. The van der Waals surface area contributed by atoms with Crippen molar-refractivity contribution in [1.29, 1.82) is 0 Å². The van der Waals surface area contributed by atoms with E-state index in [1.54, 1.807) is 0 Å². The molecule has 2 aliphatic heterocycles. The highest BCUT2D eigenvalue weighted by molar-refractivity contribution is 9.10. The third kappa shape index (κ3) is 3.73. The first-order chi connectivity index (χ1) is 9.31. The molecular formula is C14H18BrNO2S. The lowest BCUT2D eigenvalue weighted by Crippen LogP contribution is -2.33. The Bertz CT molecular complexity index is 431. The summed E-state index contributed by atoms with van der Waals surface area (Å²) in [5.41, 5.74) is 1.25. The zero-order valence-electron chi connectivity index (χ0n) is 10.7. The molecule has 0 aliphatic carbocycles. The third-order valence-corrected chi connectivity index (χ3v) is 5.05. The van der Waals surface area contributed by atoms with Gasteiger partial charge in [0.05, 0.1) is 19.3 Å². The first-order valence-electron chi connectivity index (χ1n) is 6.68. The highest BCUT2D eigenvalue weighted by Gasteiger charge is 2.20. The van der Waals surface area contributed by atoms with Crippen LogP contribution in [0.15, 0.2) is 27.6 Å². The summed E-state index contributed by atoms with van der Waals surface area (Å²) in [4.78, 5) is 1.30. The molecule has 2 saturated heterocycles. The lowest BCUT2D eigenvalue weighted by atomic mass is 10.1. The van der Waals surface area contributed by atoms with Crippen LogP contribution < -0.4 is 5.32 Å². The number of thioether (sulfide) groups is 1. The molecule has 0 radical (unpaired) electrons. The van der Waals surface area contributed by atoms with Crippen molar-refractivity contribution in [1.82, 2.24) is 5.32 Å². The number of nitrogens with one attached hydrogen (secondary N) is 1. The molecule has 3 rings (SSSR count). The van der Waals surface area contributed by atoms with E-state index in [4.69, 9.17) is 9.47 Å². The SMILES string of the molecule is Brc1cc(SC2CCOC2)cc(C2CNCCO2)c1. The van der Waals surface area contributed by atoms with Gasteiger partial charge < -0.3 is 14.8 Å². The molecule has 3 nitrogen and oxygen atoms in total. The van der Waals surface area contributed by atoms with Crippen LogP contribution in [0.2, 0.25) is 0 Å². The average molecular weight is 344 g/mol. The molecular weight excluding hydrogens is 326 g/mol. The number of hydrogen-bond donors (Lipinski definition) is 1. The maximum absolute atomic E-state index is 5.83. The Kier molecular flexibility index (Phi) is 4.82. The number of morpholine rings is 1. The van der Waals surface area contributed by atoms with Crippen molar-refractivity contribution in [3.05, 3.63) is 28.2 Å². The Hall–Kier alpha value is -0.0700. The molecule has 19 heavy (non-hydrogen) atoms. The van der Waals surface area contributed by atoms with Crippen molar-refractivity contribution in [2.24, 2.45) is 0 Å². The van der Waals surface area contributed by atoms with Crippen LogP contribution in [0.5, 0.6) is 0 Å². The number of hydrogen-bond acceptors (Lipinski definition) is 4. The van der Waals surface area contributed by atoms with Gasteiger partial charge in [-0.2, -0.15) is 0 Å². The van der Waals surface area contributed by atoms with E-state index in [9.17, 15) is 0 Å². The van der Waals surface area contributed by atoms with Gasteiger partial charge in [-0.1, -0.05) is 15.9 Å². The number of halogens is 1. The number of benzene rings is 1. The molecule has 1 aromatic rings. The van der Waals surface area contributed by atoms with Crippen molar-refractivity contribution in [3.8, 4) is 0 Å². The van der Waals surface area contributed by atoms with Gasteiger partial charge in [-0.15, -0.1) is 11.8 Å². The van der Waals surface area contributed by atoms with Gasteiger partial charge in [0.1, 0.15) is 0 Å². The van der Waals surface area contributed by atoms with Crippen LogP contribution in [0.4, 0.5) is 0 Å². The standard InChI is InChI=1S/C14H18BrNO2S/c15-11-5-10(14-8-16-2-4-18-14)6-13(7-11)19-12-1-3-17-9-12/h5-7,12,14,16H,1-4,8-9H2. The van der Waals surface area contributed by atoms with Crippen molar-refractivity contribution >= 4 is 27.7 Å². The van der Waals surface area contributed by atoms with Crippen LogP contribution in [-0.4, -0.2) is 38.2 Å². The molecule has 0 bridgehead atoms. The Morgan fingerprint density at radius 3 is 2.95 bits per heavy atom. The van der Waals surface area contributed by atoms with Gasteiger partial charge in [-0.25, -0.2) is 0 Å². The summed E-state index contributed by atoms with van der Waals surface area (Å²) < 4.78 is 12.4. The Morgan fingerprint density at radius 2 is 2.21 bits per heavy atom. The fourth-order valence-corrected chi connectivity index (χ4v) is 4.24. The lowest BCUT2D eigenvalue weighted by molar-refractivity contribution is 0.0275. The fourth-order valence-electron chi connectivity index (χ4n) is 2.42. The predicted molar refractivity (Wildman–Crippen MR) is 80.8 cm³/mol. The van der Waals surface area contributed by atoms with E-state index in [1.807, 2.05) is 11.8 Å². The summed E-state index contributed by atoms with van der Waals surface area (Å²) in [6, 6.07) is 6.60. The zero-order valence-corrected chi connectivity index (χ0v) is 13.1. The molecule has 2 aliphatic rings. The van der Waals surface area contributed by atoms with Crippen molar-refractivity contribution in [3.63, 3.8) is 0 Å². The van der Waals surface area contributed by atoms with E-state index in [1.165, 1.54) is 10.5 Å². The highest BCUT2D eigenvalue weighted by atomic mass is 79.9. The minimum atomic E-state index is 0.172. The summed E-state index contributed by atoms with van der Waals surface area (Å²) >= 11 is 5.52. The van der Waals surface area contributed by atoms with Crippen LogP contribution in [0, 0.1) is 0 Å². The first kappa shape index (κ1) is 13.9. The second-order valence-electron chi connectivity index (χ2n) is 4.89. The molecule has 0 amide bonds. The minimum Gasteiger partial charge on any atom is -0.380 e. The quantitative estimate of drug-likeness (QED) is 0.913. The van der Waals surface area contributed by atoms with Gasteiger partial charge in [0.25, 0.3) is 0 Å². The van der Waals surface area contributed by atoms with E-state index in [-0.39, 0.29) is 6.10 Å². The molecule has 2 fully saturated rings. The normalized spacial score (nSPS) is 27.6. The van der Waals surface area contributed by atoms with Crippen molar-refractivity contribution < 1.29 is 9.47 Å². The maximum Gasteiger partial charge on any atom is 0.0950 e. The van der Waals surface area contributed by atoms with Crippen LogP contribution in [0.3, 0.4) is 0 Å². The van der Waals surface area contributed by atoms with Crippen molar-refractivity contribution in [2.75, 3.05) is 32.9 Å². The number of rotatable bonds is 3. The van der Waals surface area contributed by atoms with E-state index < -0.39 is 0 Å². The van der Waals surface area contributed by atoms with Gasteiger partial charge in [0.15, 0.2) is 0 Å². The summed E-state index contributed by atoms with van der Waals surface area (Å²) in [7, 11) is 0. The van der Waals surface area contributed by atoms with E-state index in [2.05, 4.69) is 39.4 Å². The Balaban J connectivity index is 1.74. The maximum atomic E-state index is 5.83. The topological polar surface area (TPSA) is 30.5 Å². The summed E-state index contributed by atoms with van der Waals surface area (Å²) in [6.07, 6.45) is 1.32. The van der Waals surface area contributed by atoms with Crippen LogP contribution >= 0.6 is 27.7 Å². The molecule has 1 N–H and O–H groups in total. The second-order valence-corrected chi connectivity index (χ2v) is 7.18. The Labute approximate surface area is 126 Å². The summed E-state index contributed by atoms with van der Waals surface area (Å²) in [5.74, 6) is 0. The van der Waals surface area contributed by atoms with Crippen LogP contribution in [-0.2, 0) is 9.47 Å². The largest absolute Gasteiger partial charge is 0.380 e. The van der Waals surface area contributed by atoms with E-state index in [0.717, 1.165) is 43.8 Å². The second kappa shape index (κ2) is 6.59. The minimum absolute atomic E-state index is 0.172. The van der Waals surface area contributed by atoms with Crippen LogP contribution in [0.1, 0.15) is 18.1 Å². The van der Waals surface area contributed by atoms with E-state index in [0.29, 0.717) is 5.25 Å². The lowest BCUT2D eigenvalue weighted by Gasteiger charge is -2.24. The third-order valence-electron chi connectivity index (χ3n) is 3.38. The Morgan fingerprint density at radius 1 is 1.26 bits per heavy atom. The molecule has 2 heterocycles. The van der Waals surface area contributed by atoms with E-state index >= 15 is 0 Å².